The van der Waals surface area contributed by atoms with Crippen molar-refractivity contribution in [3.63, 3.8) is 0 Å². The molecule has 260 valence electrons. The fourth-order valence-corrected chi connectivity index (χ4v) is 5.86. The Balaban J connectivity index is 1.41. The molecule has 5 rings (SSSR count). The van der Waals surface area contributed by atoms with E-state index in [-0.39, 0.29) is 17.4 Å². The highest BCUT2D eigenvalue weighted by Crippen LogP contribution is 2.40. The molecule has 0 radical (unpaired) electrons. The van der Waals surface area contributed by atoms with Gasteiger partial charge in [-0.1, -0.05) is 50.6 Å². The van der Waals surface area contributed by atoms with E-state index in [0.29, 0.717) is 55.1 Å². The van der Waals surface area contributed by atoms with Gasteiger partial charge in [-0.2, -0.15) is 31.4 Å². The number of halogens is 6. The van der Waals surface area contributed by atoms with Gasteiger partial charge in [-0.3, -0.25) is 10.1 Å². The zero-order valence-corrected chi connectivity index (χ0v) is 27.4. The maximum atomic E-state index is 13.9. The normalized spacial score (nSPS) is 15.1. The Kier molecular flexibility index (Phi) is 9.96. The molecular weight excluding hydrogens is 648 g/mol. The van der Waals surface area contributed by atoms with Gasteiger partial charge in [-0.05, 0) is 86.8 Å². The summed E-state index contributed by atoms with van der Waals surface area (Å²) in [4.78, 5) is 27.0. The Morgan fingerprint density at radius 3 is 1.92 bits per heavy atom. The molecule has 3 aromatic carbocycles. The second-order valence-electron chi connectivity index (χ2n) is 13.3. The number of urea groups is 1. The van der Waals surface area contributed by atoms with Crippen molar-refractivity contribution in [2.45, 2.75) is 64.2 Å². The molecule has 49 heavy (non-hydrogen) atoms. The summed E-state index contributed by atoms with van der Waals surface area (Å²) in [7, 11) is 0. The largest absolute Gasteiger partial charge is 0.416 e. The Hall–Kier alpha value is -4.65. The van der Waals surface area contributed by atoms with Crippen LogP contribution in [-0.4, -0.2) is 34.7 Å². The third-order valence-corrected chi connectivity index (χ3v) is 8.54. The van der Waals surface area contributed by atoms with E-state index in [9.17, 15) is 35.9 Å². The average Bonchev–Trinajstić information content (AvgIpc) is 3.46. The molecule has 4 aromatic rings. The van der Waals surface area contributed by atoms with Crippen LogP contribution in [-0.2, 0) is 17.8 Å². The number of carbonyl (C=O) groups is 2. The first kappa shape index (κ1) is 35.7. The smallest absolute Gasteiger partial charge is 0.317 e. The number of Topliss-reactive ketones (excluding diaryl/α,β-unsaturated/α-hetero) is 1. The monoisotopic (exact) mass is 685 g/mol. The van der Waals surface area contributed by atoms with Gasteiger partial charge in [-0.15, -0.1) is 0 Å². The number of anilines is 2. The summed E-state index contributed by atoms with van der Waals surface area (Å²) < 4.78 is 83.3. The van der Waals surface area contributed by atoms with Gasteiger partial charge in [0.2, 0.25) is 0 Å². The number of rotatable bonds is 7. The molecule has 1 saturated heterocycles. The number of piperidine rings is 1. The standard InChI is InChI=1S/C36H37F6N5O2/c1-21-5-11-28(12-6-21)47-30(20-29(46-47)34(2,3)4)45-33(49)44-27-9-7-22(8-10-27)31(23-13-15-43-16-14-23)32(48)24-17-25(35(37,38)39)19-26(18-24)36(40,41)42/h5-12,17-20,23,31,43H,13-16H2,1-4H3,(H2,44,45,49). The molecule has 13 heteroatoms. The zero-order chi connectivity index (χ0) is 35.7. The highest BCUT2D eigenvalue weighted by atomic mass is 19.4. The Labute approximate surface area is 280 Å². The van der Waals surface area contributed by atoms with E-state index < -0.39 is 46.8 Å². The Bertz CT molecular complexity index is 1770. The topological polar surface area (TPSA) is 88.1 Å². The molecule has 1 aliphatic heterocycles. The molecule has 0 spiro atoms. The van der Waals surface area contributed by atoms with Gasteiger partial charge in [0.05, 0.1) is 28.4 Å². The van der Waals surface area contributed by atoms with Crippen LogP contribution in [0.2, 0.25) is 0 Å². The molecule has 2 amide bonds. The first-order valence-electron chi connectivity index (χ1n) is 15.8. The number of hydrogen-bond donors (Lipinski definition) is 3. The summed E-state index contributed by atoms with van der Waals surface area (Å²) in [5, 5.41) is 13.5. The minimum absolute atomic E-state index is 0.0134. The molecular formula is C36H37F6N5O2. The number of nitrogens with zero attached hydrogens (tertiary/aromatic N) is 2. The SMILES string of the molecule is Cc1ccc(-n2nc(C(C)(C)C)cc2NC(=O)Nc2ccc(C(C(=O)c3cc(C(F)(F)F)cc(C(F)(F)F)c3)C3CCNCC3)cc2)cc1. The second kappa shape index (κ2) is 13.7. The summed E-state index contributed by atoms with van der Waals surface area (Å²) in [6, 6.07) is 16.1. The number of amides is 2. The molecule has 1 atom stereocenters. The number of ketones is 1. The molecule has 0 aliphatic carbocycles. The summed E-state index contributed by atoms with van der Waals surface area (Å²) in [5.41, 5.74) is -0.711. The van der Waals surface area contributed by atoms with Crippen molar-refractivity contribution in [2.75, 3.05) is 23.7 Å². The van der Waals surface area contributed by atoms with Crippen LogP contribution >= 0.6 is 0 Å². The lowest BCUT2D eigenvalue weighted by molar-refractivity contribution is -0.143. The van der Waals surface area contributed by atoms with E-state index in [1.54, 1.807) is 35.0 Å². The number of nitrogens with one attached hydrogen (secondary N) is 3. The Morgan fingerprint density at radius 2 is 1.39 bits per heavy atom. The maximum absolute atomic E-state index is 13.9. The number of carbonyl (C=O) groups excluding carboxylic acids is 2. The van der Waals surface area contributed by atoms with E-state index >= 15 is 0 Å². The molecule has 3 N–H and O–H groups in total. The van der Waals surface area contributed by atoms with Crippen LogP contribution in [0.1, 0.15) is 77.8 Å². The fraction of sp³-hybridized carbons (Fsp3) is 0.361. The summed E-state index contributed by atoms with van der Waals surface area (Å²) in [6.45, 7) is 9.06. The van der Waals surface area contributed by atoms with Crippen molar-refractivity contribution in [1.82, 2.24) is 15.1 Å². The van der Waals surface area contributed by atoms with Gasteiger partial charge in [0, 0.05) is 22.7 Å². The van der Waals surface area contributed by atoms with Crippen LogP contribution in [0.4, 0.5) is 42.6 Å². The van der Waals surface area contributed by atoms with Crippen LogP contribution in [0.3, 0.4) is 0 Å². The van der Waals surface area contributed by atoms with Crippen molar-refractivity contribution < 1.29 is 35.9 Å². The fourth-order valence-electron chi connectivity index (χ4n) is 5.86. The molecule has 1 aromatic heterocycles. The predicted octanol–water partition coefficient (Wildman–Crippen LogP) is 9.13. The second-order valence-corrected chi connectivity index (χ2v) is 13.3. The highest BCUT2D eigenvalue weighted by Gasteiger charge is 2.39. The Morgan fingerprint density at radius 1 is 0.816 bits per heavy atom. The first-order chi connectivity index (χ1) is 22.9. The number of benzene rings is 3. The third-order valence-electron chi connectivity index (χ3n) is 8.54. The predicted molar refractivity (Wildman–Crippen MR) is 175 cm³/mol. The summed E-state index contributed by atoms with van der Waals surface area (Å²) in [6.07, 6.45) is -9.18. The van der Waals surface area contributed by atoms with Gasteiger partial charge in [0.15, 0.2) is 5.78 Å². The van der Waals surface area contributed by atoms with Gasteiger partial charge < -0.3 is 10.6 Å². The number of aryl methyl sites for hydroxylation is 1. The lowest BCUT2D eigenvalue weighted by Gasteiger charge is -2.30. The van der Waals surface area contributed by atoms with Crippen molar-refractivity contribution in [2.24, 2.45) is 5.92 Å². The quantitative estimate of drug-likeness (QED) is 0.134. The average molecular weight is 686 g/mol. The molecule has 1 fully saturated rings. The minimum atomic E-state index is -5.08. The molecule has 0 saturated carbocycles. The van der Waals surface area contributed by atoms with E-state index in [1.165, 1.54) is 0 Å². The minimum Gasteiger partial charge on any atom is -0.317 e. The number of hydrogen-bond acceptors (Lipinski definition) is 4. The van der Waals surface area contributed by atoms with Gasteiger partial charge in [0.1, 0.15) is 5.82 Å². The van der Waals surface area contributed by atoms with Gasteiger partial charge in [0.25, 0.3) is 0 Å². The molecule has 1 aliphatic rings. The molecule has 2 heterocycles. The van der Waals surface area contributed by atoms with Crippen LogP contribution in [0, 0.1) is 12.8 Å². The molecule has 1 unspecified atom stereocenters. The first-order valence-corrected chi connectivity index (χ1v) is 15.8. The van der Waals surface area contributed by atoms with Crippen LogP contribution in [0.25, 0.3) is 5.69 Å². The van der Waals surface area contributed by atoms with E-state index in [1.807, 2.05) is 52.0 Å². The molecule has 7 nitrogen and oxygen atoms in total. The lowest BCUT2D eigenvalue weighted by atomic mass is 9.76. The summed E-state index contributed by atoms with van der Waals surface area (Å²) in [5.74, 6) is -1.74. The van der Waals surface area contributed by atoms with Crippen molar-refractivity contribution in [3.05, 3.63) is 106 Å². The van der Waals surface area contributed by atoms with Crippen molar-refractivity contribution >= 4 is 23.3 Å². The van der Waals surface area contributed by atoms with Crippen LogP contribution in [0.5, 0.6) is 0 Å². The maximum Gasteiger partial charge on any atom is 0.416 e. The highest BCUT2D eigenvalue weighted by molar-refractivity contribution is 6.02. The zero-order valence-electron chi connectivity index (χ0n) is 27.4. The van der Waals surface area contributed by atoms with Crippen LogP contribution in [0.15, 0.2) is 72.8 Å². The summed E-state index contributed by atoms with van der Waals surface area (Å²) >= 11 is 0. The van der Waals surface area contributed by atoms with Crippen molar-refractivity contribution in [1.29, 1.82) is 0 Å². The van der Waals surface area contributed by atoms with E-state index in [4.69, 9.17) is 5.10 Å². The molecule has 0 bridgehead atoms. The van der Waals surface area contributed by atoms with Crippen LogP contribution < -0.4 is 16.0 Å². The van der Waals surface area contributed by atoms with E-state index in [0.717, 1.165) is 16.9 Å². The van der Waals surface area contributed by atoms with Crippen molar-refractivity contribution in [3.8, 4) is 5.69 Å². The van der Waals surface area contributed by atoms with Gasteiger partial charge in [-0.25, -0.2) is 9.48 Å². The third kappa shape index (κ3) is 8.51. The lowest BCUT2D eigenvalue weighted by Crippen LogP contribution is -2.34. The number of aromatic nitrogens is 2. The van der Waals surface area contributed by atoms with E-state index in [2.05, 4.69) is 16.0 Å². The number of alkyl halides is 6. The van der Waals surface area contributed by atoms with Gasteiger partial charge >= 0.3 is 18.4 Å².